The first kappa shape index (κ1) is 12.3. The van der Waals surface area contributed by atoms with Crippen molar-refractivity contribution >= 4 is 16.3 Å². The monoisotopic (exact) mass is 299 g/mol. The third-order valence-electron chi connectivity index (χ3n) is 3.50. The minimum absolute atomic E-state index is 0.0265. The van der Waals surface area contributed by atoms with Gasteiger partial charge in [0.25, 0.3) is 0 Å². The molecule has 0 saturated heterocycles. The van der Waals surface area contributed by atoms with Crippen molar-refractivity contribution in [2.45, 2.75) is 13.0 Å². The minimum Gasteiger partial charge on any atom is -0.333 e. The molecule has 1 atom stereocenters. The average molecular weight is 299 g/mol. The number of hydrogen-bond acceptors (Lipinski definition) is 5. The lowest BCUT2D eigenvalue weighted by Crippen LogP contribution is -2.07. The number of imidazole rings is 2. The van der Waals surface area contributed by atoms with Crippen molar-refractivity contribution in [2.24, 2.45) is 7.05 Å². The van der Waals surface area contributed by atoms with E-state index >= 15 is 0 Å². The quantitative estimate of drug-likeness (QED) is 0.580. The molecule has 0 aliphatic rings. The van der Waals surface area contributed by atoms with Crippen LogP contribution in [0.25, 0.3) is 16.5 Å². The molecule has 0 N–H and O–H groups in total. The van der Waals surface area contributed by atoms with Crippen LogP contribution in [0.15, 0.2) is 36.4 Å². The molecule has 106 valence electrons. The summed E-state index contributed by atoms with van der Waals surface area (Å²) in [6, 6.07) is 0.0265. The summed E-state index contributed by atoms with van der Waals surface area (Å²) in [5.41, 5.74) is 1.73. The van der Waals surface area contributed by atoms with Crippen LogP contribution in [0.3, 0.4) is 0 Å². The summed E-state index contributed by atoms with van der Waals surface area (Å²) in [5.74, 6) is 0.805. The van der Waals surface area contributed by atoms with Gasteiger partial charge in [-0.05, 0) is 6.92 Å². The second kappa shape index (κ2) is 4.52. The smallest absolute Gasteiger partial charge is 0.193 e. The van der Waals surface area contributed by atoms with Crippen LogP contribution in [-0.2, 0) is 7.05 Å². The summed E-state index contributed by atoms with van der Waals surface area (Å²) < 4.78 is 5.76. The summed E-state index contributed by atoms with van der Waals surface area (Å²) in [6.45, 7) is 2.06. The largest absolute Gasteiger partial charge is 0.333 e. The van der Waals surface area contributed by atoms with Gasteiger partial charge >= 0.3 is 0 Å². The molecule has 0 saturated carbocycles. The van der Waals surface area contributed by atoms with Gasteiger partial charge in [0.15, 0.2) is 10.8 Å². The van der Waals surface area contributed by atoms with E-state index in [1.54, 1.807) is 17.5 Å². The van der Waals surface area contributed by atoms with Crippen molar-refractivity contribution in [3.05, 3.63) is 42.1 Å². The lowest BCUT2D eigenvalue weighted by molar-refractivity contribution is 0.534. The van der Waals surface area contributed by atoms with Gasteiger partial charge in [0.1, 0.15) is 5.69 Å². The van der Waals surface area contributed by atoms with Crippen LogP contribution in [0, 0.1) is 0 Å². The maximum Gasteiger partial charge on any atom is 0.193 e. The standard InChI is InChI=1S/C13H13N7S/c1-9(10-7-19-5-6-21-13(19)15-10)20-8-11(16-17-20)12-14-3-4-18(12)2/h3-9H,1-2H3. The molecule has 0 spiro atoms. The Balaban J connectivity index is 1.68. The molecule has 0 fully saturated rings. The van der Waals surface area contributed by atoms with Crippen molar-refractivity contribution in [1.29, 1.82) is 0 Å². The van der Waals surface area contributed by atoms with Gasteiger partial charge < -0.3 is 4.57 Å². The van der Waals surface area contributed by atoms with E-state index in [1.807, 2.05) is 50.9 Å². The summed E-state index contributed by atoms with van der Waals surface area (Å²) in [7, 11) is 1.94. The second-order valence-electron chi connectivity index (χ2n) is 4.88. The highest BCUT2D eigenvalue weighted by Gasteiger charge is 2.16. The Morgan fingerprint density at radius 2 is 2.14 bits per heavy atom. The molecule has 0 aliphatic heterocycles. The van der Waals surface area contributed by atoms with E-state index in [4.69, 9.17) is 0 Å². The molecule has 4 heterocycles. The van der Waals surface area contributed by atoms with Crippen LogP contribution in [0.2, 0.25) is 0 Å². The Morgan fingerprint density at radius 3 is 2.90 bits per heavy atom. The average Bonchev–Trinajstić information content (AvgIpc) is 3.20. The summed E-state index contributed by atoms with van der Waals surface area (Å²) >= 11 is 1.62. The molecule has 0 aromatic carbocycles. The van der Waals surface area contributed by atoms with Gasteiger partial charge in [-0.1, -0.05) is 5.21 Å². The number of aryl methyl sites for hydroxylation is 1. The topological polar surface area (TPSA) is 65.8 Å². The lowest BCUT2D eigenvalue weighted by atomic mass is 10.2. The second-order valence-corrected chi connectivity index (χ2v) is 5.75. The number of nitrogens with zero attached hydrogens (tertiary/aromatic N) is 7. The Kier molecular flexibility index (Phi) is 2.64. The Morgan fingerprint density at radius 1 is 1.24 bits per heavy atom. The van der Waals surface area contributed by atoms with Crippen molar-refractivity contribution in [1.82, 2.24) is 33.9 Å². The highest BCUT2D eigenvalue weighted by molar-refractivity contribution is 7.15. The molecule has 0 radical (unpaired) electrons. The van der Waals surface area contributed by atoms with E-state index < -0.39 is 0 Å². The molecule has 4 aromatic rings. The molecular formula is C13H13N7S. The highest BCUT2D eigenvalue weighted by Crippen LogP contribution is 2.21. The zero-order chi connectivity index (χ0) is 14.4. The van der Waals surface area contributed by atoms with Gasteiger partial charge in [-0.25, -0.2) is 14.6 Å². The van der Waals surface area contributed by atoms with Crippen molar-refractivity contribution in [3.63, 3.8) is 0 Å². The molecule has 4 rings (SSSR count). The van der Waals surface area contributed by atoms with E-state index in [1.165, 1.54) is 0 Å². The van der Waals surface area contributed by atoms with E-state index in [-0.39, 0.29) is 6.04 Å². The highest BCUT2D eigenvalue weighted by atomic mass is 32.1. The zero-order valence-electron chi connectivity index (χ0n) is 11.6. The molecular weight excluding hydrogens is 286 g/mol. The first-order valence-electron chi connectivity index (χ1n) is 6.54. The van der Waals surface area contributed by atoms with Crippen molar-refractivity contribution < 1.29 is 0 Å². The molecule has 4 aromatic heterocycles. The van der Waals surface area contributed by atoms with Gasteiger partial charge in [0.05, 0.1) is 17.9 Å². The van der Waals surface area contributed by atoms with Gasteiger partial charge in [-0.3, -0.25) is 4.40 Å². The fourth-order valence-electron chi connectivity index (χ4n) is 2.26. The van der Waals surface area contributed by atoms with Crippen LogP contribution in [0.5, 0.6) is 0 Å². The summed E-state index contributed by atoms with van der Waals surface area (Å²) in [6.07, 6.45) is 9.57. The summed E-state index contributed by atoms with van der Waals surface area (Å²) in [4.78, 5) is 9.88. The van der Waals surface area contributed by atoms with Gasteiger partial charge in [-0.2, -0.15) is 0 Å². The van der Waals surface area contributed by atoms with Crippen LogP contribution in [0.4, 0.5) is 0 Å². The number of aromatic nitrogens is 7. The summed E-state index contributed by atoms with van der Waals surface area (Å²) in [5, 5.41) is 10.4. The Bertz CT molecular complexity index is 868. The van der Waals surface area contributed by atoms with Crippen LogP contribution >= 0.6 is 11.3 Å². The first-order chi connectivity index (χ1) is 10.2. The Hall–Kier alpha value is -2.48. The molecule has 0 amide bonds. The molecule has 1 unspecified atom stereocenters. The predicted molar refractivity (Wildman–Crippen MR) is 79.1 cm³/mol. The molecule has 7 nitrogen and oxygen atoms in total. The molecule has 8 heteroatoms. The fourth-order valence-corrected chi connectivity index (χ4v) is 2.97. The van der Waals surface area contributed by atoms with E-state index in [0.29, 0.717) is 0 Å². The number of thiazole rings is 1. The maximum atomic E-state index is 4.61. The minimum atomic E-state index is 0.0265. The number of hydrogen-bond donors (Lipinski definition) is 0. The predicted octanol–water partition coefficient (Wildman–Crippen LogP) is 2.00. The van der Waals surface area contributed by atoms with E-state index in [9.17, 15) is 0 Å². The van der Waals surface area contributed by atoms with Crippen LogP contribution in [-0.4, -0.2) is 33.9 Å². The maximum absolute atomic E-state index is 4.61. The molecule has 0 bridgehead atoms. The van der Waals surface area contributed by atoms with Crippen LogP contribution < -0.4 is 0 Å². The van der Waals surface area contributed by atoms with Gasteiger partial charge in [0.2, 0.25) is 0 Å². The number of fused-ring (bicyclic) bond motifs is 1. The van der Waals surface area contributed by atoms with Crippen molar-refractivity contribution in [2.75, 3.05) is 0 Å². The fraction of sp³-hybridized carbons (Fsp3) is 0.231. The van der Waals surface area contributed by atoms with Crippen LogP contribution in [0.1, 0.15) is 18.7 Å². The third-order valence-corrected chi connectivity index (χ3v) is 4.27. The normalized spacial score (nSPS) is 13.0. The first-order valence-corrected chi connectivity index (χ1v) is 7.42. The number of rotatable bonds is 3. The molecule has 21 heavy (non-hydrogen) atoms. The van der Waals surface area contributed by atoms with E-state index in [0.717, 1.165) is 22.2 Å². The van der Waals surface area contributed by atoms with Gasteiger partial charge in [0, 0.05) is 37.2 Å². The van der Waals surface area contributed by atoms with Gasteiger partial charge in [-0.15, -0.1) is 16.4 Å². The SMILES string of the molecule is CC(c1cn2ccsc2n1)n1cc(-c2nccn2C)nn1. The molecule has 0 aliphatic carbocycles. The van der Waals surface area contributed by atoms with Crippen molar-refractivity contribution in [3.8, 4) is 11.5 Å². The third kappa shape index (κ3) is 1.95. The lowest BCUT2D eigenvalue weighted by Gasteiger charge is -2.07. The van der Waals surface area contributed by atoms with E-state index in [2.05, 4.69) is 27.2 Å². The zero-order valence-corrected chi connectivity index (χ0v) is 12.4. The Labute approximate surface area is 124 Å².